The molecule has 0 saturated carbocycles. The van der Waals surface area contributed by atoms with E-state index in [0.29, 0.717) is 11.6 Å². The van der Waals surface area contributed by atoms with Crippen LogP contribution in [0.5, 0.6) is 0 Å². The van der Waals surface area contributed by atoms with Crippen molar-refractivity contribution >= 4 is 23.5 Å². The van der Waals surface area contributed by atoms with Crippen LogP contribution in [0.2, 0.25) is 0 Å². The summed E-state index contributed by atoms with van der Waals surface area (Å²) in [7, 11) is 0. The van der Waals surface area contributed by atoms with Gasteiger partial charge in [-0.05, 0) is 18.2 Å². The summed E-state index contributed by atoms with van der Waals surface area (Å²) in [4.78, 5) is 27.4. The molecule has 102 valence electrons. The van der Waals surface area contributed by atoms with E-state index in [-0.39, 0.29) is 12.3 Å². The van der Waals surface area contributed by atoms with Crippen LogP contribution in [0.15, 0.2) is 30.6 Å². The number of halogens is 1. The Morgan fingerprint density at radius 2 is 2.35 bits per heavy atom. The van der Waals surface area contributed by atoms with Crippen LogP contribution in [0.1, 0.15) is 12.5 Å². The van der Waals surface area contributed by atoms with Crippen LogP contribution >= 0.6 is 0 Å². The smallest absolute Gasteiger partial charge is 0.252 e. The van der Waals surface area contributed by atoms with Crippen molar-refractivity contribution < 1.29 is 14.0 Å². The summed E-state index contributed by atoms with van der Waals surface area (Å²) in [5.41, 5.74) is 0.340. The molecule has 0 unspecified atom stereocenters. The first-order chi connectivity index (χ1) is 9.63. The highest BCUT2D eigenvalue weighted by Gasteiger charge is 2.33. The molecule has 2 N–H and O–H groups in total. The Bertz CT molecular complexity index is 684. The summed E-state index contributed by atoms with van der Waals surface area (Å²) in [5, 5.41) is 8.93. The van der Waals surface area contributed by atoms with Crippen molar-refractivity contribution in [3.8, 4) is 0 Å². The van der Waals surface area contributed by atoms with Gasteiger partial charge in [0, 0.05) is 5.69 Å². The molecule has 0 bridgehead atoms. The predicted molar refractivity (Wildman–Crippen MR) is 67.3 cm³/mol. The van der Waals surface area contributed by atoms with Crippen molar-refractivity contribution in [2.45, 2.75) is 12.5 Å². The maximum absolute atomic E-state index is 13.0. The Morgan fingerprint density at radius 3 is 3.15 bits per heavy atom. The van der Waals surface area contributed by atoms with Crippen LogP contribution in [0.4, 0.5) is 16.0 Å². The van der Waals surface area contributed by atoms with Gasteiger partial charge in [-0.3, -0.25) is 14.9 Å². The van der Waals surface area contributed by atoms with E-state index in [4.69, 9.17) is 0 Å². The first kappa shape index (κ1) is 12.3. The number of nitrogens with zero attached hydrogens (tertiary/aromatic N) is 3. The maximum atomic E-state index is 13.0. The van der Waals surface area contributed by atoms with Crippen molar-refractivity contribution in [2.24, 2.45) is 0 Å². The molecule has 0 fully saturated rings. The first-order valence-corrected chi connectivity index (χ1v) is 5.89. The zero-order valence-electron chi connectivity index (χ0n) is 10.2. The molecule has 1 atom stereocenters. The third-order valence-electron chi connectivity index (χ3n) is 2.89. The standard InChI is InChI=1S/C12H10FN5O2/c13-7-2-1-3-8(4-7)16-10(19)5-9-11(20)17-12-14-6-15-18(9)12/h1-4,6,9H,5H2,(H,16,19)(H,14,15,17,20)/t9-/m1/s1. The fourth-order valence-corrected chi connectivity index (χ4v) is 2.01. The van der Waals surface area contributed by atoms with Gasteiger partial charge in [-0.15, -0.1) is 0 Å². The van der Waals surface area contributed by atoms with Gasteiger partial charge in [-0.1, -0.05) is 6.07 Å². The fraction of sp³-hybridized carbons (Fsp3) is 0.167. The predicted octanol–water partition coefficient (Wildman–Crippen LogP) is 0.939. The lowest BCUT2D eigenvalue weighted by Gasteiger charge is -2.09. The van der Waals surface area contributed by atoms with Crippen LogP contribution in [-0.2, 0) is 9.59 Å². The number of aromatic nitrogens is 3. The zero-order valence-corrected chi connectivity index (χ0v) is 10.2. The molecule has 1 aromatic heterocycles. The Kier molecular flexibility index (Phi) is 2.90. The fourth-order valence-electron chi connectivity index (χ4n) is 2.01. The molecule has 0 radical (unpaired) electrons. The second kappa shape index (κ2) is 4.72. The molecule has 1 aliphatic rings. The van der Waals surface area contributed by atoms with Gasteiger partial charge in [0.1, 0.15) is 18.2 Å². The number of nitrogens with one attached hydrogen (secondary N) is 2. The number of anilines is 2. The van der Waals surface area contributed by atoms with Crippen molar-refractivity contribution in [2.75, 3.05) is 10.6 Å². The molecule has 8 heteroatoms. The van der Waals surface area contributed by atoms with Gasteiger partial charge in [-0.25, -0.2) is 9.07 Å². The van der Waals surface area contributed by atoms with Crippen LogP contribution in [-0.4, -0.2) is 26.6 Å². The number of rotatable bonds is 3. The molecular weight excluding hydrogens is 265 g/mol. The number of hydrogen-bond donors (Lipinski definition) is 2. The summed E-state index contributed by atoms with van der Waals surface area (Å²) >= 11 is 0. The van der Waals surface area contributed by atoms with Crippen molar-refractivity contribution in [1.29, 1.82) is 0 Å². The van der Waals surface area contributed by atoms with E-state index >= 15 is 0 Å². The van der Waals surface area contributed by atoms with E-state index in [1.165, 1.54) is 29.2 Å². The molecule has 3 rings (SSSR count). The summed E-state index contributed by atoms with van der Waals surface area (Å²) in [6.07, 6.45) is 1.20. The highest BCUT2D eigenvalue weighted by molar-refractivity contribution is 6.00. The number of carbonyl (C=O) groups is 2. The number of benzene rings is 1. The SMILES string of the molecule is O=C(C[C@@H]1C(=O)Nc2ncnn21)Nc1cccc(F)c1. The van der Waals surface area contributed by atoms with E-state index < -0.39 is 17.8 Å². The lowest BCUT2D eigenvalue weighted by Crippen LogP contribution is -2.23. The Morgan fingerprint density at radius 1 is 1.50 bits per heavy atom. The average Bonchev–Trinajstić information content (AvgIpc) is 2.93. The molecule has 0 spiro atoms. The van der Waals surface area contributed by atoms with Crippen molar-refractivity contribution in [3.63, 3.8) is 0 Å². The first-order valence-electron chi connectivity index (χ1n) is 5.89. The second-order valence-corrected chi connectivity index (χ2v) is 4.30. The Balaban J connectivity index is 1.69. The topological polar surface area (TPSA) is 88.9 Å². The second-order valence-electron chi connectivity index (χ2n) is 4.30. The van der Waals surface area contributed by atoms with Crippen molar-refractivity contribution in [3.05, 3.63) is 36.4 Å². The normalized spacial score (nSPS) is 16.6. The summed E-state index contributed by atoms with van der Waals surface area (Å²) in [6, 6.07) is 4.80. The molecule has 2 amide bonds. The maximum Gasteiger partial charge on any atom is 0.252 e. The van der Waals surface area contributed by atoms with Crippen molar-refractivity contribution in [1.82, 2.24) is 14.8 Å². The van der Waals surface area contributed by atoms with Crippen LogP contribution < -0.4 is 10.6 Å². The highest BCUT2D eigenvalue weighted by atomic mass is 19.1. The van der Waals surface area contributed by atoms with E-state index in [0.717, 1.165) is 0 Å². The van der Waals surface area contributed by atoms with Gasteiger partial charge in [0.2, 0.25) is 11.9 Å². The number of carbonyl (C=O) groups excluding carboxylic acids is 2. The molecule has 7 nitrogen and oxygen atoms in total. The minimum absolute atomic E-state index is 0.0985. The Hall–Kier alpha value is -2.77. The average molecular weight is 275 g/mol. The van der Waals surface area contributed by atoms with E-state index in [1.807, 2.05) is 0 Å². The van der Waals surface area contributed by atoms with Gasteiger partial charge in [-0.2, -0.15) is 10.1 Å². The van der Waals surface area contributed by atoms with Gasteiger partial charge < -0.3 is 5.32 Å². The molecule has 0 saturated heterocycles. The third-order valence-corrected chi connectivity index (χ3v) is 2.89. The molecule has 0 aliphatic carbocycles. The zero-order chi connectivity index (χ0) is 14.1. The van der Waals surface area contributed by atoms with Crippen LogP contribution in [0.25, 0.3) is 0 Å². The summed E-state index contributed by atoms with van der Waals surface area (Å²) in [6.45, 7) is 0. The molecular formula is C12H10FN5O2. The highest BCUT2D eigenvalue weighted by Crippen LogP contribution is 2.24. The van der Waals surface area contributed by atoms with E-state index in [2.05, 4.69) is 20.7 Å². The number of fused-ring (bicyclic) bond motifs is 1. The number of amides is 2. The van der Waals surface area contributed by atoms with E-state index in [1.54, 1.807) is 6.07 Å². The molecule has 1 aromatic carbocycles. The third kappa shape index (κ3) is 2.22. The number of hydrogen-bond acceptors (Lipinski definition) is 4. The lowest BCUT2D eigenvalue weighted by atomic mass is 10.2. The Labute approximate surface area is 112 Å². The largest absolute Gasteiger partial charge is 0.326 e. The van der Waals surface area contributed by atoms with Crippen LogP contribution in [0.3, 0.4) is 0 Å². The molecule has 20 heavy (non-hydrogen) atoms. The molecule has 2 aromatic rings. The monoisotopic (exact) mass is 275 g/mol. The van der Waals surface area contributed by atoms with Gasteiger partial charge >= 0.3 is 0 Å². The summed E-state index contributed by atoms with van der Waals surface area (Å²) < 4.78 is 14.4. The van der Waals surface area contributed by atoms with Gasteiger partial charge in [0.15, 0.2) is 0 Å². The minimum Gasteiger partial charge on any atom is -0.326 e. The van der Waals surface area contributed by atoms with Crippen LogP contribution in [0, 0.1) is 5.82 Å². The van der Waals surface area contributed by atoms with E-state index in [9.17, 15) is 14.0 Å². The van der Waals surface area contributed by atoms with Gasteiger partial charge in [0.25, 0.3) is 5.91 Å². The quantitative estimate of drug-likeness (QED) is 0.872. The molecule has 1 aliphatic heterocycles. The summed E-state index contributed by atoms with van der Waals surface area (Å²) in [5.74, 6) is -0.868. The minimum atomic E-state index is -0.735. The van der Waals surface area contributed by atoms with Gasteiger partial charge in [0.05, 0.1) is 6.42 Å². The molecule has 2 heterocycles. The lowest BCUT2D eigenvalue weighted by molar-refractivity contribution is -0.123.